The summed E-state index contributed by atoms with van der Waals surface area (Å²) >= 11 is 7.30. The molecular formula is C19H20ClN3O4S. The van der Waals surface area contributed by atoms with Gasteiger partial charge in [0.15, 0.2) is 16.7 Å². The minimum absolute atomic E-state index is 0.125. The van der Waals surface area contributed by atoms with E-state index in [0.29, 0.717) is 34.0 Å². The van der Waals surface area contributed by atoms with Crippen LogP contribution in [-0.2, 0) is 11.3 Å². The fourth-order valence-electron chi connectivity index (χ4n) is 2.64. The van der Waals surface area contributed by atoms with Crippen LogP contribution >= 0.6 is 23.4 Å². The van der Waals surface area contributed by atoms with E-state index in [1.54, 1.807) is 45.6 Å². The monoisotopic (exact) mass is 421 g/mol. The van der Waals surface area contributed by atoms with Crippen molar-refractivity contribution in [3.8, 4) is 17.2 Å². The summed E-state index contributed by atoms with van der Waals surface area (Å²) in [6.07, 6.45) is 0. The summed E-state index contributed by atoms with van der Waals surface area (Å²) in [6, 6.07) is 8.93. The van der Waals surface area contributed by atoms with E-state index in [4.69, 9.17) is 25.8 Å². The first-order valence-electron chi connectivity index (χ1n) is 8.37. The number of imidazole rings is 1. The van der Waals surface area contributed by atoms with E-state index >= 15 is 0 Å². The summed E-state index contributed by atoms with van der Waals surface area (Å²) in [5.41, 5.74) is 2.43. The van der Waals surface area contributed by atoms with Gasteiger partial charge in [-0.2, -0.15) is 0 Å². The molecule has 0 aliphatic heterocycles. The number of halogens is 1. The van der Waals surface area contributed by atoms with Crippen LogP contribution in [0.3, 0.4) is 0 Å². The van der Waals surface area contributed by atoms with Gasteiger partial charge in [-0.05, 0) is 24.3 Å². The first-order valence-corrected chi connectivity index (χ1v) is 9.74. The van der Waals surface area contributed by atoms with Gasteiger partial charge < -0.3 is 24.5 Å². The molecule has 0 bridgehead atoms. The fourth-order valence-corrected chi connectivity index (χ4v) is 3.52. The maximum Gasteiger partial charge on any atom is 0.230 e. The lowest BCUT2D eigenvalue weighted by atomic mass is 10.1. The van der Waals surface area contributed by atoms with Gasteiger partial charge in [0.25, 0.3) is 0 Å². The molecule has 9 heteroatoms. The number of rotatable bonds is 8. The zero-order valence-corrected chi connectivity index (χ0v) is 17.2. The number of aromatic nitrogens is 2. The second-order valence-corrected chi connectivity index (χ2v) is 7.19. The summed E-state index contributed by atoms with van der Waals surface area (Å²) in [6.45, 7) is 0.304. The van der Waals surface area contributed by atoms with Gasteiger partial charge in [-0.3, -0.25) is 4.79 Å². The molecule has 0 radical (unpaired) electrons. The molecule has 0 spiro atoms. The van der Waals surface area contributed by atoms with Crippen LogP contribution in [0.2, 0.25) is 5.02 Å². The van der Waals surface area contributed by atoms with Crippen LogP contribution in [0.15, 0.2) is 35.5 Å². The number of fused-ring (bicyclic) bond motifs is 1. The number of carbonyl (C=O) groups is 1. The number of nitrogens with zero attached hydrogens (tertiary/aromatic N) is 1. The first-order chi connectivity index (χ1) is 13.5. The van der Waals surface area contributed by atoms with Gasteiger partial charge in [0, 0.05) is 23.2 Å². The van der Waals surface area contributed by atoms with Crippen LogP contribution in [0.1, 0.15) is 5.56 Å². The molecule has 0 atom stereocenters. The first kappa shape index (κ1) is 20.2. The molecule has 148 valence electrons. The highest BCUT2D eigenvalue weighted by Crippen LogP contribution is 2.34. The third-order valence-corrected chi connectivity index (χ3v) is 5.13. The molecule has 1 aromatic heterocycles. The summed E-state index contributed by atoms with van der Waals surface area (Å²) in [4.78, 5) is 19.8. The van der Waals surface area contributed by atoms with Crippen molar-refractivity contribution < 1.29 is 19.0 Å². The van der Waals surface area contributed by atoms with Crippen molar-refractivity contribution in [3.63, 3.8) is 0 Å². The molecule has 7 nitrogen and oxygen atoms in total. The van der Waals surface area contributed by atoms with Crippen molar-refractivity contribution in [2.45, 2.75) is 11.7 Å². The van der Waals surface area contributed by atoms with Gasteiger partial charge in [0.2, 0.25) is 5.91 Å². The van der Waals surface area contributed by atoms with E-state index in [1.807, 2.05) is 6.07 Å². The second-order valence-electron chi connectivity index (χ2n) is 5.79. The van der Waals surface area contributed by atoms with Crippen molar-refractivity contribution >= 4 is 40.3 Å². The lowest BCUT2D eigenvalue weighted by Gasteiger charge is -2.14. The highest BCUT2D eigenvalue weighted by Gasteiger charge is 2.13. The Labute approximate surface area is 171 Å². The van der Waals surface area contributed by atoms with Gasteiger partial charge in [-0.25, -0.2) is 4.98 Å². The Morgan fingerprint density at radius 3 is 2.54 bits per heavy atom. The average Bonchev–Trinajstić information content (AvgIpc) is 3.11. The van der Waals surface area contributed by atoms with Gasteiger partial charge in [0.1, 0.15) is 5.75 Å². The minimum Gasteiger partial charge on any atom is -0.496 e. The average molecular weight is 422 g/mol. The van der Waals surface area contributed by atoms with Crippen molar-refractivity contribution in [2.24, 2.45) is 0 Å². The Morgan fingerprint density at radius 2 is 1.82 bits per heavy atom. The maximum atomic E-state index is 12.2. The predicted octanol–water partition coefficient (Wildman–Crippen LogP) is 3.65. The molecule has 0 saturated carbocycles. The minimum atomic E-state index is -0.125. The molecular weight excluding hydrogens is 402 g/mol. The van der Waals surface area contributed by atoms with E-state index in [1.165, 1.54) is 11.8 Å². The van der Waals surface area contributed by atoms with Gasteiger partial charge in [0.05, 0.1) is 38.1 Å². The number of amides is 1. The molecule has 0 aliphatic carbocycles. The highest BCUT2D eigenvalue weighted by atomic mass is 35.5. The van der Waals surface area contributed by atoms with E-state index in [0.717, 1.165) is 16.6 Å². The van der Waals surface area contributed by atoms with Gasteiger partial charge in [-0.15, -0.1) is 0 Å². The van der Waals surface area contributed by atoms with Gasteiger partial charge >= 0.3 is 0 Å². The van der Waals surface area contributed by atoms with Crippen LogP contribution < -0.4 is 19.5 Å². The van der Waals surface area contributed by atoms with Gasteiger partial charge in [-0.1, -0.05) is 23.4 Å². The topological polar surface area (TPSA) is 85.5 Å². The molecule has 1 heterocycles. The number of hydrogen-bond acceptors (Lipinski definition) is 6. The molecule has 3 rings (SSSR count). The largest absolute Gasteiger partial charge is 0.496 e. The number of ether oxygens (including phenoxy) is 3. The Morgan fingerprint density at radius 1 is 1.11 bits per heavy atom. The molecule has 28 heavy (non-hydrogen) atoms. The standard InChI is InChI=1S/C19H20ClN3O4S/c1-25-15-8-17(27-3)16(26-2)6-11(15)9-21-18(24)10-28-19-22-13-5-4-12(20)7-14(13)23-19/h4-8H,9-10H2,1-3H3,(H,21,24)(H,22,23). The molecule has 0 saturated heterocycles. The Balaban J connectivity index is 1.60. The number of methoxy groups -OCH3 is 3. The molecule has 2 N–H and O–H groups in total. The third kappa shape index (κ3) is 4.63. The van der Waals surface area contributed by atoms with Crippen LogP contribution in [0.25, 0.3) is 11.0 Å². The SMILES string of the molecule is COc1cc(OC)c(OC)cc1CNC(=O)CSc1nc2ccc(Cl)cc2[nH]1. The van der Waals surface area contributed by atoms with Crippen LogP contribution in [0.4, 0.5) is 0 Å². The predicted molar refractivity (Wildman–Crippen MR) is 110 cm³/mol. The third-order valence-electron chi connectivity index (χ3n) is 4.02. The number of carbonyl (C=O) groups excluding carboxylic acids is 1. The Kier molecular flexibility index (Phi) is 6.53. The quantitative estimate of drug-likeness (QED) is 0.540. The highest BCUT2D eigenvalue weighted by molar-refractivity contribution is 7.99. The summed E-state index contributed by atoms with van der Waals surface area (Å²) in [5, 5.41) is 4.17. The molecule has 1 amide bonds. The molecule has 0 aliphatic rings. The number of benzene rings is 2. The van der Waals surface area contributed by atoms with Crippen LogP contribution in [0.5, 0.6) is 17.2 Å². The molecule has 0 fully saturated rings. The van der Waals surface area contributed by atoms with Crippen molar-refractivity contribution in [1.82, 2.24) is 15.3 Å². The van der Waals surface area contributed by atoms with Crippen molar-refractivity contribution in [3.05, 3.63) is 40.9 Å². The number of aromatic amines is 1. The molecule has 3 aromatic rings. The van der Waals surface area contributed by atoms with E-state index in [-0.39, 0.29) is 11.7 Å². The number of thioether (sulfide) groups is 1. The Bertz CT molecular complexity index is 993. The Hall–Kier alpha value is -2.58. The number of H-pyrrole nitrogens is 1. The lowest BCUT2D eigenvalue weighted by Crippen LogP contribution is -2.24. The van der Waals surface area contributed by atoms with E-state index in [2.05, 4.69) is 15.3 Å². The smallest absolute Gasteiger partial charge is 0.230 e. The summed E-state index contributed by atoms with van der Waals surface area (Å²) < 4.78 is 15.9. The fraction of sp³-hybridized carbons (Fsp3) is 0.263. The normalized spacial score (nSPS) is 10.7. The van der Waals surface area contributed by atoms with Crippen molar-refractivity contribution in [2.75, 3.05) is 27.1 Å². The lowest BCUT2D eigenvalue weighted by molar-refractivity contribution is -0.118. The van der Waals surface area contributed by atoms with E-state index in [9.17, 15) is 4.79 Å². The van der Waals surface area contributed by atoms with E-state index < -0.39 is 0 Å². The zero-order valence-electron chi connectivity index (χ0n) is 15.7. The summed E-state index contributed by atoms with van der Waals surface area (Å²) in [7, 11) is 4.68. The number of hydrogen-bond donors (Lipinski definition) is 2. The molecule has 0 unspecified atom stereocenters. The van der Waals surface area contributed by atoms with Crippen LogP contribution in [-0.4, -0.2) is 43.0 Å². The maximum absolute atomic E-state index is 12.2. The second kappa shape index (κ2) is 9.07. The number of nitrogens with one attached hydrogen (secondary N) is 2. The molecule has 2 aromatic carbocycles. The zero-order chi connectivity index (χ0) is 20.1. The van der Waals surface area contributed by atoms with Crippen molar-refractivity contribution in [1.29, 1.82) is 0 Å². The summed E-state index contributed by atoms with van der Waals surface area (Å²) in [5.74, 6) is 1.85. The van der Waals surface area contributed by atoms with Crippen LogP contribution in [0, 0.1) is 0 Å².